The van der Waals surface area contributed by atoms with Crippen molar-refractivity contribution in [2.45, 2.75) is 18.6 Å². The quantitative estimate of drug-likeness (QED) is 0.863. The van der Waals surface area contributed by atoms with Crippen LogP contribution < -0.4 is 5.32 Å². The zero-order chi connectivity index (χ0) is 11.7. The molecule has 3 nitrogen and oxygen atoms in total. The SMILES string of the molecule is O=C1CNC(c2ccccc2)N1C1CCSC1. The number of rotatable bonds is 2. The Kier molecular flexibility index (Phi) is 3.07. The van der Waals surface area contributed by atoms with Crippen molar-refractivity contribution in [3.63, 3.8) is 0 Å². The highest BCUT2D eigenvalue weighted by molar-refractivity contribution is 7.99. The highest BCUT2D eigenvalue weighted by Crippen LogP contribution is 2.31. The van der Waals surface area contributed by atoms with Gasteiger partial charge in [-0.1, -0.05) is 30.3 Å². The lowest BCUT2D eigenvalue weighted by Gasteiger charge is -2.30. The third-order valence-corrected chi connectivity index (χ3v) is 4.57. The van der Waals surface area contributed by atoms with E-state index in [4.69, 9.17) is 0 Å². The van der Waals surface area contributed by atoms with E-state index < -0.39 is 0 Å². The van der Waals surface area contributed by atoms with Gasteiger partial charge in [-0.2, -0.15) is 11.8 Å². The Morgan fingerprint density at radius 1 is 1.29 bits per heavy atom. The largest absolute Gasteiger partial charge is 0.318 e. The number of carbonyl (C=O) groups excluding carboxylic acids is 1. The fourth-order valence-electron chi connectivity index (χ4n) is 2.59. The number of nitrogens with one attached hydrogen (secondary N) is 1. The van der Waals surface area contributed by atoms with E-state index in [-0.39, 0.29) is 12.1 Å². The van der Waals surface area contributed by atoms with Crippen molar-refractivity contribution >= 4 is 17.7 Å². The van der Waals surface area contributed by atoms with Gasteiger partial charge in [0.05, 0.1) is 6.54 Å². The second-order valence-electron chi connectivity index (χ2n) is 4.51. The van der Waals surface area contributed by atoms with Gasteiger partial charge >= 0.3 is 0 Å². The topological polar surface area (TPSA) is 32.3 Å². The molecule has 1 aromatic carbocycles. The second kappa shape index (κ2) is 4.70. The van der Waals surface area contributed by atoms with Gasteiger partial charge < -0.3 is 4.90 Å². The number of hydrogen-bond donors (Lipinski definition) is 1. The Morgan fingerprint density at radius 2 is 2.12 bits per heavy atom. The zero-order valence-corrected chi connectivity index (χ0v) is 10.5. The van der Waals surface area contributed by atoms with Crippen molar-refractivity contribution in [2.75, 3.05) is 18.1 Å². The number of carbonyl (C=O) groups is 1. The first-order chi connectivity index (χ1) is 8.36. The third-order valence-electron chi connectivity index (χ3n) is 3.43. The molecule has 1 amide bonds. The number of nitrogens with zero attached hydrogens (tertiary/aromatic N) is 1. The summed E-state index contributed by atoms with van der Waals surface area (Å²) in [5, 5.41) is 3.32. The maximum atomic E-state index is 12.0. The van der Waals surface area contributed by atoms with Crippen molar-refractivity contribution in [2.24, 2.45) is 0 Å². The molecule has 17 heavy (non-hydrogen) atoms. The average molecular weight is 248 g/mol. The minimum atomic E-state index is 0.0763. The Balaban J connectivity index is 1.86. The summed E-state index contributed by atoms with van der Waals surface area (Å²) < 4.78 is 0. The molecule has 1 N–H and O–H groups in total. The first-order valence-electron chi connectivity index (χ1n) is 6.03. The maximum Gasteiger partial charge on any atom is 0.238 e. The van der Waals surface area contributed by atoms with Gasteiger partial charge in [0.15, 0.2) is 0 Å². The summed E-state index contributed by atoms with van der Waals surface area (Å²) in [6, 6.07) is 10.7. The lowest BCUT2D eigenvalue weighted by molar-refractivity contribution is -0.129. The summed E-state index contributed by atoms with van der Waals surface area (Å²) in [5.41, 5.74) is 1.19. The van der Waals surface area contributed by atoms with Crippen LogP contribution in [0.1, 0.15) is 18.2 Å². The number of thioether (sulfide) groups is 1. The normalized spacial score (nSPS) is 28.9. The van der Waals surface area contributed by atoms with Crippen molar-refractivity contribution < 1.29 is 4.79 Å². The van der Waals surface area contributed by atoms with Crippen LogP contribution in [-0.4, -0.2) is 34.9 Å². The van der Waals surface area contributed by atoms with Crippen molar-refractivity contribution in [1.29, 1.82) is 0 Å². The fourth-order valence-corrected chi connectivity index (χ4v) is 3.79. The van der Waals surface area contributed by atoms with Gasteiger partial charge in [0.25, 0.3) is 0 Å². The second-order valence-corrected chi connectivity index (χ2v) is 5.66. The molecule has 1 aromatic rings. The summed E-state index contributed by atoms with van der Waals surface area (Å²) >= 11 is 1.95. The average Bonchev–Trinajstić information content (AvgIpc) is 2.99. The van der Waals surface area contributed by atoms with Crippen LogP contribution in [0.15, 0.2) is 30.3 Å². The summed E-state index contributed by atoms with van der Waals surface area (Å²) in [7, 11) is 0. The Morgan fingerprint density at radius 3 is 2.82 bits per heavy atom. The van der Waals surface area contributed by atoms with Gasteiger partial charge in [-0.05, 0) is 17.7 Å². The molecule has 0 aliphatic carbocycles. The molecule has 4 heteroatoms. The molecule has 2 heterocycles. The third kappa shape index (κ3) is 2.07. The van der Waals surface area contributed by atoms with Gasteiger partial charge in [-0.15, -0.1) is 0 Å². The molecule has 2 fully saturated rings. The summed E-state index contributed by atoms with van der Waals surface area (Å²) in [4.78, 5) is 14.1. The summed E-state index contributed by atoms with van der Waals surface area (Å²) in [6.45, 7) is 0.473. The van der Waals surface area contributed by atoms with Crippen LogP contribution in [0.25, 0.3) is 0 Å². The minimum absolute atomic E-state index is 0.0763. The van der Waals surface area contributed by atoms with Gasteiger partial charge in [0.2, 0.25) is 5.91 Å². The predicted octanol–water partition coefficient (Wildman–Crippen LogP) is 1.62. The van der Waals surface area contributed by atoms with Crippen molar-refractivity contribution in [3.8, 4) is 0 Å². The van der Waals surface area contributed by atoms with Crippen molar-refractivity contribution in [3.05, 3.63) is 35.9 Å². The van der Waals surface area contributed by atoms with Crippen LogP contribution >= 0.6 is 11.8 Å². The molecule has 0 saturated carbocycles. The van der Waals surface area contributed by atoms with Gasteiger partial charge in [0, 0.05) is 11.8 Å². The molecule has 0 radical (unpaired) electrons. The summed E-state index contributed by atoms with van der Waals surface area (Å²) in [6.07, 6.45) is 1.20. The summed E-state index contributed by atoms with van der Waals surface area (Å²) in [5.74, 6) is 2.50. The van der Waals surface area contributed by atoms with Crippen LogP contribution in [-0.2, 0) is 4.79 Å². The standard InChI is InChI=1S/C13H16N2OS/c16-12-8-14-13(10-4-2-1-3-5-10)15(12)11-6-7-17-9-11/h1-5,11,13-14H,6-9H2. The molecule has 2 aliphatic rings. The highest BCUT2D eigenvalue weighted by Gasteiger charge is 2.37. The predicted molar refractivity (Wildman–Crippen MR) is 69.8 cm³/mol. The molecule has 3 rings (SSSR count). The van der Waals surface area contributed by atoms with Crippen LogP contribution in [0.2, 0.25) is 0 Å². The van der Waals surface area contributed by atoms with E-state index >= 15 is 0 Å². The van der Waals surface area contributed by atoms with Gasteiger partial charge in [0.1, 0.15) is 6.17 Å². The first kappa shape index (κ1) is 11.1. The van der Waals surface area contributed by atoms with Crippen LogP contribution in [0.5, 0.6) is 0 Å². The molecule has 2 unspecified atom stereocenters. The van der Waals surface area contributed by atoms with E-state index in [1.807, 2.05) is 30.0 Å². The maximum absolute atomic E-state index is 12.0. The van der Waals surface area contributed by atoms with Gasteiger partial charge in [-0.3, -0.25) is 10.1 Å². The van der Waals surface area contributed by atoms with E-state index in [1.54, 1.807) is 0 Å². The van der Waals surface area contributed by atoms with Crippen LogP contribution in [0.3, 0.4) is 0 Å². The van der Waals surface area contributed by atoms with Crippen LogP contribution in [0, 0.1) is 0 Å². The molecule has 0 aromatic heterocycles. The van der Waals surface area contributed by atoms with Crippen molar-refractivity contribution in [1.82, 2.24) is 10.2 Å². The fraction of sp³-hybridized carbons (Fsp3) is 0.462. The van der Waals surface area contributed by atoms with Crippen LogP contribution in [0.4, 0.5) is 0 Å². The minimum Gasteiger partial charge on any atom is -0.318 e. The molecule has 2 aliphatic heterocycles. The van der Waals surface area contributed by atoms with E-state index in [2.05, 4.69) is 22.3 Å². The molecule has 2 saturated heterocycles. The lowest BCUT2D eigenvalue weighted by atomic mass is 10.1. The first-order valence-corrected chi connectivity index (χ1v) is 7.19. The molecule has 0 bridgehead atoms. The van der Waals surface area contributed by atoms with E-state index in [0.29, 0.717) is 12.6 Å². The molecule has 2 atom stereocenters. The Bertz CT molecular complexity index is 403. The number of hydrogen-bond acceptors (Lipinski definition) is 3. The molecular weight excluding hydrogens is 232 g/mol. The number of amides is 1. The Labute approximate surface area is 106 Å². The molecular formula is C13H16N2OS. The molecule has 90 valence electrons. The highest BCUT2D eigenvalue weighted by atomic mass is 32.2. The van der Waals surface area contributed by atoms with E-state index in [1.165, 1.54) is 11.3 Å². The van der Waals surface area contributed by atoms with Gasteiger partial charge in [-0.25, -0.2) is 0 Å². The zero-order valence-electron chi connectivity index (χ0n) is 9.63. The molecule has 0 spiro atoms. The number of benzene rings is 1. The smallest absolute Gasteiger partial charge is 0.238 e. The van der Waals surface area contributed by atoms with E-state index in [9.17, 15) is 4.79 Å². The lowest BCUT2D eigenvalue weighted by Crippen LogP contribution is -2.39. The van der Waals surface area contributed by atoms with E-state index in [0.717, 1.165) is 12.2 Å². The monoisotopic (exact) mass is 248 g/mol. The Hall–Kier alpha value is -1.000.